The first-order valence-electron chi connectivity index (χ1n) is 16.6. The minimum Gasteiger partial charge on any atom is -0.303 e. The number of hydrogen-bond donors (Lipinski definition) is 2. The molecule has 0 aromatic heterocycles. The summed E-state index contributed by atoms with van der Waals surface area (Å²) < 4.78 is 0. The molecule has 0 bridgehead atoms. The van der Waals surface area contributed by atoms with Crippen LogP contribution in [0.3, 0.4) is 0 Å². The van der Waals surface area contributed by atoms with E-state index >= 15 is 0 Å². The Morgan fingerprint density at radius 2 is 0.611 bits per heavy atom. The molecule has 2 N–H and O–H groups in total. The first kappa shape index (κ1) is 26.1. The Bertz CT molecular complexity index is 583. The normalized spacial score (nSPS) is 32.3. The zero-order chi connectivity index (χ0) is 24.4. The number of piperazine rings is 2. The maximum Gasteiger partial charge on any atom is 0.0314 e. The van der Waals surface area contributed by atoms with Crippen molar-refractivity contribution >= 4 is 0 Å². The van der Waals surface area contributed by atoms with E-state index in [0.29, 0.717) is 22.2 Å². The second kappa shape index (κ2) is 11.1. The molecule has 4 heteroatoms. The van der Waals surface area contributed by atoms with Crippen LogP contribution in [0.4, 0.5) is 0 Å². The minimum absolute atomic E-state index is 0.438. The van der Waals surface area contributed by atoms with Gasteiger partial charge in [-0.25, -0.2) is 0 Å². The molecule has 4 nitrogen and oxygen atoms in total. The summed E-state index contributed by atoms with van der Waals surface area (Å²) in [5, 5.41) is 8.73. The highest BCUT2D eigenvalue weighted by atomic mass is 15.3. The molecule has 0 unspecified atom stereocenters. The zero-order valence-electron chi connectivity index (χ0n) is 23.7. The zero-order valence-corrected chi connectivity index (χ0v) is 23.7. The Morgan fingerprint density at radius 1 is 0.361 bits per heavy atom. The molecule has 0 amide bonds. The van der Waals surface area contributed by atoms with Gasteiger partial charge in [0.15, 0.2) is 0 Å². The number of rotatable bonds is 5. The van der Waals surface area contributed by atoms with Crippen LogP contribution in [0, 0.1) is 0 Å². The molecule has 4 spiro atoms. The third kappa shape index (κ3) is 5.87. The van der Waals surface area contributed by atoms with Gasteiger partial charge in [0.2, 0.25) is 0 Å². The molecule has 36 heavy (non-hydrogen) atoms. The van der Waals surface area contributed by atoms with Gasteiger partial charge in [0.1, 0.15) is 0 Å². The molecule has 2 aliphatic heterocycles. The monoisotopic (exact) mass is 498 g/mol. The molecule has 2 heterocycles. The standard InChI is InChI=1S/C32H58N4/c1-5-15-29(16-6-1)25-35(26-30(33-29)17-7-2-8-18-30)23-13-14-24-36-27-31(19-9-3-10-20-31)34-32(28-36)21-11-4-12-22-32/h33-34H,1-28H2. The summed E-state index contributed by atoms with van der Waals surface area (Å²) in [6, 6.07) is 0. The Balaban J connectivity index is 1.05. The van der Waals surface area contributed by atoms with E-state index in [1.54, 1.807) is 0 Å². The molecule has 206 valence electrons. The van der Waals surface area contributed by atoms with E-state index < -0.39 is 0 Å². The van der Waals surface area contributed by atoms with Crippen LogP contribution < -0.4 is 10.6 Å². The van der Waals surface area contributed by atoms with Crippen LogP contribution in [-0.4, -0.2) is 71.2 Å². The van der Waals surface area contributed by atoms with Gasteiger partial charge in [-0.05, 0) is 77.3 Å². The Labute approximate surface area is 223 Å². The summed E-state index contributed by atoms with van der Waals surface area (Å²) in [4.78, 5) is 5.88. The number of nitrogens with one attached hydrogen (secondary N) is 2. The predicted octanol–water partition coefficient (Wildman–Crippen LogP) is 6.39. The van der Waals surface area contributed by atoms with Crippen LogP contribution in [0.25, 0.3) is 0 Å². The van der Waals surface area contributed by atoms with E-state index in [-0.39, 0.29) is 0 Å². The van der Waals surface area contributed by atoms with Gasteiger partial charge < -0.3 is 10.6 Å². The molecule has 6 aliphatic rings. The molecule has 0 atom stereocenters. The highest BCUT2D eigenvalue weighted by Crippen LogP contribution is 2.41. The van der Waals surface area contributed by atoms with Crippen molar-refractivity contribution in [3.63, 3.8) is 0 Å². The van der Waals surface area contributed by atoms with Gasteiger partial charge >= 0.3 is 0 Å². The lowest BCUT2D eigenvalue weighted by Crippen LogP contribution is -2.72. The van der Waals surface area contributed by atoms with Crippen molar-refractivity contribution in [2.45, 2.75) is 163 Å². The molecule has 0 radical (unpaired) electrons. The van der Waals surface area contributed by atoms with Crippen molar-refractivity contribution in [3.05, 3.63) is 0 Å². The van der Waals surface area contributed by atoms with Crippen LogP contribution in [0.5, 0.6) is 0 Å². The maximum absolute atomic E-state index is 4.37. The summed E-state index contributed by atoms with van der Waals surface area (Å²) in [5.41, 5.74) is 1.75. The fourth-order valence-electron chi connectivity index (χ4n) is 10.1. The van der Waals surface area contributed by atoms with Crippen molar-refractivity contribution in [2.24, 2.45) is 0 Å². The van der Waals surface area contributed by atoms with Crippen molar-refractivity contribution in [3.8, 4) is 0 Å². The Morgan fingerprint density at radius 3 is 0.861 bits per heavy atom. The molecule has 4 aliphatic carbocycles. The summed E-state index contributed by atoms with van der Waals surface area (Å²) >= 11 is 0. The van der Waals surface area contributed by atoms with Crippen molar-refractivity contribution in [1.29, 1.82) is 0 Å². The first-order valence-corrected chi connectivity index (χ1v) is 16.6. The fraction of sp³-hybridized carbons (Fsp3) is 1.00. The van der Waals surface area contributed by atoms with Gasteiger partial charge in [-0.2, -0.15) is 0 Å². The van der Waals surface area contributed by atoms with Crippen LogP contribution >= 0.6 is 0 Å². The van der Waals surface area contributed by atoms with E-state index in [0.717, 1.165) is 0 Å². The van der Waals surface area contributed by atoms with Crippen LogP contribution in [-0.2, 0) is 0 Å². The lowest BCUT2D eigenvalue weighted by atomic mass is 9.72. The molecule has 0 aromatic carbocycles. The van der Waals surface area contributed by atoms with E-state index in [1.807, 2.05) is 0 Å². The van der Waals surface area contributed by atoms with Gasteiger partial charge in [-0.3, -0.25) is 9.80 Å². The largest absolute Gasteiger partial charge is 0.303 e. The van der Waals surface area contributed by atoms with Gasteiger partial charge in [0.25, 0.3) is 0 Å². The minimum atomic E-state index is 0.438. The average molecular weight is 499 g/mol. The molecule has 6 fully saturated rings. The third-order valence-corrected chi connectivity index (χ3v) is 11.6. The molecular formula is C32H58N4. The second-order valence-corrected chi connectivity index (χ2v) is 14.7. The van der Waals surface area contributed by atoms with E-state index in [4.69, 9.17) is 0 Å². The van der Waals surface area contributed by atoms with Crippen LogP contribution in [0.15, 0.2) is 0 Å². The summed E-state index contributed by atoms with van der Waals surface area (Å²) in [6.07, 6.45) is 31.6. The summed E-state index contributed by atoms with van der Waals surface area (Å²) in [6.45, 7) is 7.99. The molecule has 0 aromatic rings. The Kier molecular flexibility index (Phi) is 8.07. The van der Waals surface area contributed by atoms with Crippen LogP contribution in [0.2, 0.25) is 0 Å². The van der Waals surface area contributed by atoms with Gasteiger partial charge in [0, 0.05) is 48.3 Å². The molecule has 6 rings (SSSR count). The van der Waals surface area contributed by atoms with Gasteiger partial charge in [-0.15, -0.1) is 0 Å². The molecule has 4 saturated carbocycles. The third-order valence-electron chi connectivity index (χ3n) is 11.6. The van der Waals surface area contributed by atoms with Crippen molar-refractivity contribution < 1.29 is 0 Å². The Hall–Kier alpha value is -0.160. The quantitative estimate of drug-likeness (QED) is 0.430. The van der Waals surface area contributed by atoms with Crippen molar-refractivity contribution in [2.75, 3.05) is 39.3 Å². The highest BCUT2D eigenvalue weighted by Gasteiger charge is 2.48. The van der Waals surface area contributed by atoms with Gasteiger partial charge in [-0.1, -0.05) is 77.0 Å². The summed E-state index contributed by atoms with van der Waals surface area (Å²) in [5.74, 6) is 0. The second-order valence-electron chi connectivity index (χ2n) is 14.7. The topological polar surface area (TPSA) is 30.5 Å². The van der Waals surface area contributed by atoms with E-state index in [2.05, 4.69) is 20.4 Å². The highest BCUT2D eigenvalue weighted by molar-refractivity contribution is 5.09. The first-order chi connectivity index (χ1) is 17.6. The van der Waals surface area contributed by atoms with E-state index in [9.17, 15) is 0 Å². The smallest absolute Gasteiger partial charge is 0.0314 e. The molecular weight excluding hydrogens is 440 g/mol. The van der Waals surface area contributed by atoms with Crippen molar-refractivity contribution in [1.82, 2.24) is 20.4 Å². The lowest BCUT2D eigenvalue weighted by Gasteiger charge is -2.57. The molecule has 2 saturated heterocycles. The van der Waals surface area contributed by atoms with E-state index in [1.165, 1.54) is 181 Å². The average Bonchev–Trinajstić information content (AvgIpc) is 2.88. The number of unbranched alkanes of at least 4 members (excludes halogenated alkanes) is 1. The predicted molar refractivity (Wildman–Crippen MR) is 152 cm³/mol. The SMILES string of the molecule is C1CCC2(CC1)CN(CCCCN1CC3(CCCCC3)NC3(CCCCC3)C1)CC1(CCCCC1)N2. The lowest BCUT2D eigenvalue weighted by molar-refractivity contribution is -0.00205. The van der Waals surface area contributed by atoms with Gasteiger partial charge in [0.05, 0.1) is 0 Å². The van der Waals surface area contributed by atoms with Crippen LogP contribution in [0.1, 0.15) is 141 Å². The number of nitrogens with zero attached hydrogens (tertiary/aromatic N) is 2. The fourth-order valence-corrected chi connectivity index (χ4v) is 10.1. The summed E-state index contributed by atoms with van der Waals surface area (Å²) in [7, 11) is 0. The number of hydrogen-bond acceptors (Lipinski definition) is 4. The maximum atomic E-state index is 4.37.